The van der Waals surface area contributed by atoms with Crippen LogP contribution < -0.4 is 5.32 Å². The zero-order valence-electron chi connectivity index (χ0n) is 16.3. The molecule has 4 rings (SSSR count). The number of hydrogen-bond donors (Lipinski definition) is 2. The van der Waals surface area contributed by atoms with Crippen molar-refractivity contribution in [3.63, 3.8) is 0 Å². The maximum Gasteiger partial charge on any atom is 0.295 e. The molecule has 0 radical (unpaired) electrons. The number of nitro benzene ring substituents is 1. The molecule has 0 saturated carbocycles. The van der Waals surface area contributed by atoms with E-state index in [-0.39, 0.29) is 5.69 Å². The lowest BCUT2D eigenvalue weighted by molar-refractivity contribution is -0.383. The Bertz CT molecular complexity index is 1050. The number of non-ortho nitro benzene ring substituents is 1. The second-order valence-electron chi connectivity index (χ2n) is 7.53. The minimum absolute atomic E-state index is 0.0122. The van der Waals surface area contributed by atoms with Crippen LogP contribution in [0.3, 0.4) is 0 Å². The summed E-state index contributed by atoms with van der Waals surface area (Å²) < 4.78 is 0. The van der Waals surface area contributed by atoms with Crippen molar-refractivity contribution in [2.24, 2.45) is 0 Å². The standard InChI is InChI=1S/C22H24N4O3/c1-15-11-20(19-7-4-8-21(26(28)29)22(19)24-15)23-12-18(27)14-25-10-9-16-5-2-3-6-17(16)13-25/h2-8,11,18,27H,9-10,12-14H2,1H3,(H,23,24). The van der Waals surface area contributed by atoms with Crippen molar-refractivity contribution in [2.75, 3.05) is 25.0 Å². The maximum absolute atomic E-state index is 11.3. The van der Waals surface area contributed by atoms with E-state index in [1.807, 2.05) is 19.1 Å². The van der Waals surface area contributed by atoms with Gasteiger partial charge in [0.1, 0.15) is 0 Å². The van der Waals surface area contributed by atoms with E-state index in [9.17, 15) is 15.2 Å². The highest BCUT2D eigenvalue weighted by molar-refractivity contribution is 5.96. The Morgan fingerprint density at radius 1 is 1.24 bits per heavy atom. The van der Waals surface area contributed by atoms with Gasteiger partial charge in [0.15, 0.2) is 5.52 Å². The molecule has 0 aliphatic carbocycles. The Balaban J connectivity index is 1.44. The van der Waals surface area contributed by atoms with Crippen LogP contribution in [0.15, 0.2) is 48.5 Å². The Labute approximate surface area is 169 Å². The van der Waals surface area contributed by atoms with E-state index in [0.29, 0.717) is 29.7 Å². The summed E-state index contributed by atoms with van der Waals surface area (Å²) in [6.07, 6.45) is 0.441. The van der Waals surface area contributed by atoms with E-state index in [2.05, 4.69) is 39.5 Å². The third-order valence-electron chi connectivity index (χ3n) is 5.35. The van der Waals surface area contributed by atoms with E-state index in [4.69, 9.17) is 0 Å². The van der Waals surface area contributed by atoms with Crippen molar-refractivity contribution in [3.8, 4) is 0 Å². The van der Waals surface area contributed by atoms with E-state index in [0.717, 1.165) is 25.2 Å². The SMILES string of the molecule is Cc1cc(NCC(O)CN2CCc3ccccc3C2)c2cccc([N+](=O)[O-])c2n1. The van der Waals surface area contributed by atoms with Crippen LogP contribution in [0.5, 0.6) is 0 Å². The summed E-state index contributed by atoms with van der Waals surface area (Å²) >= 11 is 0. The van der Waals surface area contributed by atoms with Crippen LogP contribution in [0.2, 0.25) is 0 Å². The number of aromatic nitrogens is 1. The molecule has 0 saturated heterocycles. The molecule has 150 valence electrons. The lowest BCUT2D eigenvalue weighted by Gasteiger charge is -2.30. The number of fused-ring (bicyclic) bond motifs is 2. The number of nitrogens with zero attached hydrogens (tertiary/aromatic N) is 3. The van der Waals surface area contributed by atoms with E-state index < -0.39 is 11.0 Å². The molecule has 29 heavy (non-hydrogen) atoms. The van der Waals surface area contributed by atoms with Crippen LogP contribution in [-0.2, 0) is 13.0 Å². The fraction of sp³-hybridized carbons (Fsp3) is 0.318. The van der Waals surface area contributed by atoms with Gasteiger partial charge < -0.3 is 10.4 Å². The van der Waals surface area contributed by atoms with E-state index in [1.165, 1.54) is 17.2 Å². The van der Waals surface area contributed by atoms with Gasteiger partial charge in [0.25, 0.3) is 5.69 Å². The first-order chi connectivity index (χ1) is 14.0. The molecule has 2 aromatic carbocycles. The van der Waals surface area contributed by atoms with Gasteiger partial charge in [-0.3, -0.25) is 15.0 Å². The summed E-state index contributed by atoms with van der Waals surface area (Å²) in [6, 6.07) is 15.2. The zero-order chi connectivity index (χ0) is 20.4. The molecule has 0 fully saturated rings. The fourth-order valence-electron chi connectivity index (χ4n) is 3.96. The molecule has 1 aliphatic heterocycles. The van der Waals surface area contributed by atoms with Gasteiger partial charge in [-0.05, 0) is 30.5 Å². The number of β-amino-alcohol motifs (C(OH)–C–C–N with tert-alkyl or cyclic N) is 1. The van der Waals surface area contributed by atoms with Crippen LogP contribution in [-0.4, -0.2) is 45.7 Å². The van der Waals surface area contributed by atoms with Crippen LogP contribution in [0.1, 0.15) is 16.8 Å². The van der Waals surface area contributed by atoms with E-state index >= 15 is 0 Å². The highest BCUT2D eigenvalue weighted by Gasteiger charge is 2.19. The number of pyridine rings is 1. The summed E-state index contributed by atoms with van der Waals surface area (Å²) in [6.45, 7) is 4.51. The average Bonchev–Trinajstić information content (AvgIpc) is 2.71. The minimum Gasteiger partial charge on any atom is -0.390 e. The average molecular weight is 392 g/mol. The number of aliphatic hydroxyl groups excluding tert-OH is 1. The number of benzene rings is 2. The van der Waals surface area contributed by atoms with Gasteiger partial charge in [0, 0.05) is 49.0 Å². The molecule has 7 heteroatoms. The lowest BCUT2D eigenvalue weighted by Crippen LogP contribution is -2.39. The quantitative estimate of drug-likeness (QED) is 0.494. The van der Waals surface area contributed by atoms with Crippen LogP contribution >= 0.6 is 0 Å². The predicted octanol–water partition coefficient (Wildman–Crippen LogP) is 3.28. The Hall–Kier alpha value is -3.03. The molecule has 3 aromatic rings. The van der Waals surface area contributed by atoms with Gasteiger partial charge in [0.2, 0.25) is 0 Å². The number of aliphatic hydroxyl groups is 1. The molecular weight excluding hydrogens is 368 g/mol. The van der Waals surface area contributed by atoms with Gasteiger partial charge >= 0.3 is 0 Å². The van der Waals surface area contributed by atoms with Crippen molar-refractivity contribution in [1.29, 1.82) is 0 Å². The summed E-state index contributed by atoms with van der Waals surface area (Å²) in [5, 5.41) is 25.8. The Morgan fingerprint density at radius 2 is 2.03 bits per heavy atom. The van der Waals surface area contributed by atoms with Crippen molar-refractivity contribution < 1.29 is 10.0 Å². The molecule has 2 heterocycles. The normalized spacial score (nSPS) is 15.1. The van der Waals surface area contributed by atoms with Crippen LogP contribution in [0.4, 0.5) is 11.4 Å². The third kappa shape index (κ3) is 4.21. The monoisotopic (exact) mass is 392 g/mol. The van der Waals surface area contributed by atoms with Gasteiger partial charge in [-0.15, -0.1) is 0 Å². The molecule has 0 bridgehead atoms. The van der Waals surface area contributed by atoms with Crippen molar-refractivity contribution >= 4 is 22.3 Å². The smallest absolute Gasteiger partial charge is 0.295 e. The lowest BCUT2D eigenvalue weighted by atomic mass is 10.00. The second kappa shape index (κ2) is 8.14. The summed E-state index contributed by atoms with van der Waals surface area (Å²) in [5.41, 5.74) is 4.50. The van der Waals surface area contributed by atoms with Crippen molar-refractivity contribution in [2.45, 2.75) is 26.0 Å². The molecule has 1 aromatic heterocycles. The zero-order valence-corrected chi connectivity index (χ0v) is 16.3. The second-order valence-corrected chi connectivity index (χ2v) is 7.53. The first kappa shape index (κ1) is 19.3. The molecule has 1 unspecified atom stereocenters. The van der Waals surface area contributed by atoms with Gasteiger partial charge in [-0.2, -0.15) is 0 Å². The van der Waals surface area contributed by atoms with E-state index in [1.54, 1.807) is 6.07 Å². The first-order valence-electron chi connectivity index (χ1n) is 9.77. The maximum atomic E-state index is 11.3. The summed E-state index contributed by atoms with van der Waals surface area (Å²) in [5.74, 6) is 0. The largest absolute Gasteiger partial charge is 0.390 e. The number of para-hydroxylation sites is 1. The Kier molecular flexibility index (Phi) is 5.42. The Morgan fingerprint density at radius 3 is 2.83 bits per heavy atom. The van der Waals surface area contributed by atoms with Gasteiger partial charge in [-0.25, -0.2) is 4.98 Å². The van der Waals surface area contributed by atoms with Gasteiger partial charge in [0.05, 0.1) is 11.0 Å². The molecule has 7 nitrogen and oxygen atoms in total. The predicted molar refractivity (Wildman–Crippen MR) is 113 cm³/mol. The highest BCUT2D eigenvalue weighted by Crippen LogP contribution is 2.29. The molecule has 2 N–H and O–H groups in total. The molecule has 1 aliphatic rings. The minimum atomic E-state index is -0.553. The highest BCUT2D eigenvalue weighted by atomic mass is 16.6. The van der Waals surface area contributed by atoms with Crippen LogP contribution in [0.25, 0.3) is 10.9 Å². The van der Waals surface area contributed by atoms with Crippen LogP contribution in [0, 0.1) is 17.0 Å². The molecule has 0 spiro atoms. The molecular formula is C22H24N4O3. The number of anilines is 1. The molecule has 0 amide bonds. The third-order valence-corrected chi connectivity index (χ3v) is 5.35. The summed E-state index contributed by atoms with van der Waals surface area (Å²) in [4.78, 5) is 17.5. The summed E-state index contributed by atoms with van der Waals surface area (Å²) in [7, 11) is 0. The first-order valence-corrected chi connectivity index (χ1v) is 9.77. The van der Waals surface area contributed by atoms with Crippen molar-refractivity contribution in [1.82, 2.24) is 9.88 Å². The fourth-order valence-corrected chi connectivity index (χ4v) is 3.96. The topological polar surface area (TPSA) is 91.5 Å². The number of aryl methyl sites for hydroxylation is 1. The molecule has 1 atom stereocenters. The van der Waals surface area contributed by atoms with Crippen molar-refractivity contribution in [3.05, 3.63) is 75.5 Å². The number of hydrogen-bond acceptors (Lipinski definition) is 6. The number of nitro groups is 1. The van der Waals surface area contributed by atoms with Gasteiger partial charge in [-0.1, -0.05) is 36.4 Å². The number of rotatable bonds is 6. The number of nitrogens with one attached hydrogen (secondary N) is 1.